The Kier molecular flexibility index (Phi) is 3.51. The second kappa shape index (κ2) is 5.31. The molecule has 0 amide bonds. The minimum absolute atomic E-state index is 0.434. The summed E-state index contributed by atoms with van der Waals surface area (Å²) in [6.07, 6.45) is 4.43. The monoisotopic (exact) mass is 269 g/mol. The fourth-order valence-corrected chi connectivity index (χ4v) is 2.73. The Morgan fingerprint density at radius 1 is 1.20 bits per heavy atom. The summed E-state index contributed by atoms with van der Waals surface area (Å²) in [7, 11) is 0. The van der Waals surface area contributed by atoms with Gasteiger partial charge in [0.1, 0.15) is 11.6 Å². The molecular formula is C17H23N3. The third kappa shape index (κ3) is 2.58. The van der Waals surface area contributed by atoms with Crippen molar-refractivity contribution in [3.8, 4) is 0 Å². The topological polar surface area (TPSA) is 43.8 Å². The van der Waals surface area contributed by atoms with Crippen LogP contribution in [-0.4, -0.2) is 9.55 Å². The van der Waals surface area contributed by atoms with Crippen LogP contribution in [0.25, 0.3) is 0 Å². The van der Waals surface area contributed by atoms with E-state index < -0.39 is 0 Å². The molecule has 1 aliphatic rings. The maximum Gasteiger partial charge on any atom is 0.127 e. The largest absolute Gasteiger partial charge is 0.384 e. The molecule has 3 rings (SSSR count). The van der Waals surface area contributed by atoms with E-state index in [0.29, 0.717) is 12.0 Å². The Labute approximate surface area is 120 Å². The van der Waals surface area contributed by atoms with Gasteiger partial charge < -0.3 is 10.3 Å². The van der Waals surface area contributed by atoms with Gasteiger partial charge in [-0.15, -0.1) is 0 Å². The number of nitrogens with zero attached hydrogens (tertiary/aromatic N) is 2. The highest BCUT2D eigenvalue weighted by molar-refractivity contribution is 5.41. The predicted octanol–water partition coefficient (Wildman–Crippen LogP) is 3.71. The third-order valence-corrected chi connectivity index (χ3v) is 3.97. The molecule has 1 fully saturated rings. The van der Waals surface area contributed by atoms with Crippen LogP contribution in [0.3, 0.4) is 0 Å². The molecule has 0 radical (unpaired) electrons. The zero-order valence-electron chi connectivity index (χ0n) is 12.3. The molecule has 0 unspecified atom stereocenters. The summed E-state index contributed by atoms with van der Waals surface area (Å²) < 4.78 is 2.28. The molecule has 1 aliphatic carbocycles. The number of benzene rings is 1. The number of hydrogen-bond donors (Lipinski definition) is 1. The standard InChI is InChI=1S/C17H23N3/c1-12(2)17-19-15(16(18)20(17)14-9-10-14)11-8-13-6-4-3-5-7-13/h3-7,12,14H,8-11,18H2,1-2H3. The molecule has 3 nitrogen and oxygen atoms in total. The third-order valence-electron chi connectivity index (χ3n) is 3.97. The van der Waals surface area contributed by atoms with Gasteiger partial charge in [0.15, 0.2) is 0 Å². The van der Waals surface area contributed by atoms with Gasteiger partial charge in [-0.05, 0) is 31.2 Å². The van der Waals surface area contributed by atoms with Gasteiger partial charge in [0.2, 0.25) is 0 Å². The normalized spacial score (nSPS) is 14.9. The number of rotatable bonds is 5. The summed E-state index contributed by atoms with van der Waals surface area (Å²) in [5.74, 6) is 2.49. The average molecular weight is 269 g/mol. The molecular weight excluding hydrogens is 246 g/mol. The molecule has 0 saturated heterocycles. The van der Waals surface area contributed by atoms with Crippen LogP contribution in [0, 0.1) is 0 Å². The average Bonchev–Trinajstić information content (AvgIpc) is 3.22. The first-order valence-corrected chi connectivity index (χ1v) is 7.57. The Bertz CT molecular complexity index is 580. The van der Waals surface area contributed by atoms with Crippen LogP contribution in [0.15, 0.2) is 30.3 Å². The molecule has 1 saturated carbocycles. The van der Waals surface area contributed by atoms with Gasteiger partial charge in [0, 0.05) is 12.0 Å². The van der Waals surface area contributed by atoms with E-state index in [1.165, 1.54) is 18.4 Å². The number of nitrogens with two attached hydrogens (primary N) is 1. The fraction of sp³-hybridized carbons (Fsp3) is 0.471. The highest BCUT2D eigenvalue weighted by atomic mass is 15.2. The van der Waals surface area contributed by atoms with Crippen LogP contribution in [0.2, 0.25) is 0 Å². The number of hydrogen-bond acceptors (Lipinski definition) is 2. The number of imidazole rings is 1. The molecule has 20 heavy (non-hydrogen) atoms. The van der Waals surface area contributed by atoms with Crippen molar-refractivity contribution in [1.82, 2.24) is 9.55 Å². The number of aromatic nitrogens is 2. The zero-order chi connectivity index (χ0) is 14.1. The first-order valence-electron chi connectivity index (χ1n) is 7.57. The minimum atomic E-state index is 0.434. The van der Waals surface area contributed by atoms with E-state index in [2.05, 4.69) is 48.7 Å². The lowest BCUT2D eigenvalue weighted by atomic mass is 10.1. The maximum absolute atomic E-state index is 6.35. The molecule has 0 bridgehead atoms. The maximum atomic E-state index is 6.35. The lowest BCUT2D eigenvalue weighted by molar-refractivity contribution is 0.646. The SMILES string of the molecule is CC(C)c1nc(CCc2ccccc2)c(N)n1C1CC1. The summed E-state index contributed by atoms with van der Waals surface area (Å²) >= 11 is 0. The molecule has 0 spiro atoms. The summed E-state index contributed by atoms with van der Waals surface area (Å²) in [4.78, 5) is 4.82. The molecule has 1 aromatic heterocycles. The second-order valence-corrected chi connectivity index (χ2v) is 6.04. The van der Waals surface area contributed by atoms with E-state index >= 15 is 0 Å². The Morgan fingerprint density at radius 2 is 1.90 bits per heavy atom. The Morgan fingerprint density at radius 3 is 2.50 bits per heavy atom. The van der Waals surface area contributed by atoms with Crippen LogP contribution in [0.4, 0.5) is 5.82 Å². The van der Waals surface area contributed by atoms with E-state index in [-0.39, 0.29) is 0 Å². The highest BCUT2D eigenvalue weighted by Gasteiger charge is 2.30. The van der Waals surface area contributed by atoms with Crippen molar-refractivity contribution in [2.24, 2.45) is 0 Å². The summed E-state index contributed by atoms with van der Waals surface area (Å²) in [6.45, 7) is 4.39. The summed E-state index contributed by atoms with van der Waals surface area (Å²) in [5.41, 5.74) is 8.77. The zero-order valence-corrected chi connectivity index (χ0v) is 12.3. The molecule has 2 aromatic rings. The van der Waals surface area contributed by atoms with Gasteiger partial charge in [-0.25, -0.2) is 4.98 Å². The molecule has 1 aromatic carbocycles. The van der Waals surface area contributed by atoms with Gasteiger partial charge >= 0.3 is 0 Å². The quantitative estimate of drug-likeness (QED) is 0.899. The molecule has 2 N–H and O–H groups in total. The number of aryl methyl sites for hydroxylation is 2. The lowest BCUT2D eigenvalue weighted by Crippen LogP contribution is -2.06. The van der Waals surface area contributed by atoms with Gasteiger partial charge in [0.05, 0.1) is 5.69 Å². The predicted molar refractivity (Wildman–Crippen MR) is 82.8 cm³/mol. The van der Waals surface area contributed by atoms with Crippen LogP contribution in [-0.2, 0) is 12.8 Å². The van der Waals surface area contributed by atoms with Crippen molar-refractivity contribution < 1.29 is 0 Å². The Hall–Kier alpha value is -1.77. The van der Waals surface area contributed by atoms with Gasteiger partial charge in [-0.2, -0.15) is 0 Å². The molecule has 3 heteroatoms. The molecule has 1 heterocycles. The van der Waals surface area contributed by atoms with Crippen molar-refractivity contribution >= 4 is 5.82 Å². The van der Waals surface area contributed by atoms with Crippen molar-refractivity contribution in [3.63, 3.8) is 0 Å². The van der Waals surface area contributed by atoms with E-state index in [1.54, 1.807) is 0 Å². The van der Waals surface area contributed by atoms with E-state index in [9.17, 15) is 0 Å². The van der Waals surface area contributed by atoms with Gasteiger partial charge in [0.25, 0.3) is 0 Å². The van der Waals surface area contributed by atoms with Crippen molar-refractivity contribution in [1.29, 1.82) is 0 Å². The van der Waals surface area contributed by atoms with Crippen molar-refractivity contribution in [2.45, 2.75) is 51.5 Å². The number of anilines is 1. The number of nitrogen functional groups attached to an aromatic ring is 1. The van der Waals surface area contributed by atoms with Crippen LogP contribution < -0.4 is 5.73 Å². The first-order chi connectivity index (χ1) is 9.66. The summed E-state index contributed by atoms with van der Waals surface area (Å²) in [6, 6.07) is 11.2. The minimum Gasteiger partial charge on any atom is -0.384 e. The lowest BCUT2D eigenvalue weighted by Gasteiger charge is -2.10. The van der Waals surface area contributed by atoms with Crippen molar-refractivity contribution in [2.75, 3.05) is 5.73 Å². The van der Waals surface area contributed by atoms with E-state index in [4.69, 9.17) is 10.7 Å². The fourth-order valence-electron chi connectivity index (χ4n) is 2.73. The van der Waals surface area contributed by atoms with Crippen LogP contribution in [0.5, 0.6) is 0 Å². The smallest absolute Gasteiger partial charge is 0.127 e. The second-order valence-electron chi connectivity index (χ2n) is 6.04. The van der Waals surface area contributed by atoms with Crippen LogP contribution >= 0.6 is 0 Å². The molecule has 0 atom stereocenters. The highest BCUT2D eigenvalue weighted by Crippen LogP contribution is 2.40. The van der Waals surface area contributed by atoms with Crippen molar-refractivity contribution in [3.05, 3.63) is 47.4 Å². The van der Waals surface area contributed by atoms with Gasteiger partial charge in [-0.1, -0.05) is 44.2 Å². The molecule has 0 aliphatic heterocycles. The summed E-state index contributed by atoms with van der Waals surface area (Å²) in [5, 5.41) is 0. The van der Waals surface area contributed by atoms with E-state index in [1.807, 2.05) is 0 Å². The Balaban J connectivity index is 1.81. The molecule has 106 valence electrons. The van der Waals surface area contributed by atoms with Crippen LogP contribution in [0.1, 0.15) is 55.7 Å². The first kappa shape index (κ1) is 13.2. The van der Waals surface area contributed by atoms with Gasteiger partial charge in [-0.3, -0.25) is 0 Å². The van der Waals surface area contributed by atoms with E-state index in [0.717, 1.165) is 30.2 Å².